The number of carbonyl (C=O) groups excluding carboxylic acids is 1. The SMILES string of the molecule is CCOc1ccc(C(C)NC(=O)CCc2ncn[nH]2)cc1. The van der Waals surface area contributed by atoms with E-state index < -0.39 is 0 Å². The number of ether oxygens (including phenoxy) is 1. The number of aromatic nitrogens is 3. The molecule has 1 heterocycles. The van der Waals surface area contributed by atoms with E-state index in [1.54, 1.807) is 0 Å². The van der Waals surface area contributed by atoms with E-state index >= 15 is 0 Å². The molecule has 112 valence electrons. The Kier molecular flexibility index (Phi) is 5.31. The summed E-state index contributed by atoms with van der Waals surface area (Å²) < 4.78 is 5.40. The number of nitrogens with one attached hydrogen (secondary N) is 2. The highest BCUT2D eigenvalue weighted by molar-refractivity contribution is 5.76. The summed E-state index contributed by atoms with van der Waals surface area (Å²) >= 11 is 0. The minimum absolute atomic E-state index is 0.00668. The molecule has 2 N–H and O–H groups in total. The first-order valence-electron chi connectivity index (χ1n) is 7.05. The van der Waals surface area contributed by atoms with Crippen molar-refractivity contribution in [2.45, 2.75) is 32.7 Å². The molecule has 6 nitrogen and oxygen atoms in total. The lowest BCUT2D eigenvalue weighted by molar-refractivity contribution is -0.121. The van der Waals surface area contributed by atoms with Gasteiger partial charge in [0.15, 0.2) is 0 Å². The zero-order valence-corrected chi connectivity index (χ0v) is 12.3. The lowest BCUT2D eigenvalue weighted by Gasteiger charge is -2.14. The molecule has 0 saturated heterocycles. The van der Waals surface area contributed by atoms with Crippen molar-refractivity contribution < 1.29 is 9.53 Å². The minimum atomic E-state index is -0.0390. The second kappa shape index (κ2) is 7.42. The Labute approximate surface area is 123 Å². The topological polar surface area (TPSA) is 79.9 Å². The third-order valence-corrected chi connectivity index (χ3v) is 3.12. The zero-order chi connectivity index (χ0) is 15.1. The van der Waals surface area contributed by atoms with Gasteiger partial charge in [0, 0.05) is 12.8 Å². The van der Waals surface area contributed by atoms with Crippen molar-refractivity contribution >= 4 is 5.91 Å². The van der Waals surface area contributed by atoms with Crippen LogP contribution >= 0.6 is 0 Å². The fraction of sp³-hybridized carbons (Fsp3) is 0.400. The van der Waals surface area contributed by atoms with Gasteiger partial charge in [-0.25, -0.2) is 4.98 Å². The van der Waals surface area contributed by atoms with E-state index in [9.17, 15) is 4.79 Å². The van der Waals surface area contributed by atoms with Crippen molar-refractivity contribution in [3.8, 4) is 5.75 Å². The molecule has 0 aliphatic heterocycles. The van der Waals surface area contributed by atoms with E-state index in [1.165, 1.54) is 6.33 Å². The molecule has 0 radical (unpaired) electrons. The monoisotopic (exact) mass is 288 g/mol. The van der Waals surface area contributed by atoms with E-state index in [1.807, 2.05) is 38.1 Å². The number of hydrogen-bond donors (Lipinski definition) is 2. The van der Waals surface area contributed by atoms with Crippen molar-refractivity contribution in [2.75, 3.05) is 6.61 Å². The maximum Gasteiger partial charge on any atom is 0.220 e. The quantitative estimate of drug-likeness (QED) is 0.816. The van der Waals surface area contributed by atoms with Crippen molar-refractivity contribution in [1.82, 2.24) is 20.5 Å². The third kappa shape index (κ3) is 4.59. The molecule has 0 aliphatic carbocycles. The van der Waals surface area contributed by atoms with E-state index in [-0.39, 0.29) is 11.9 Å². The van der Waals surface area contributed by atoms with Gasteiger partial charge in [0.2, 0.25) is 5.91 Å². The fourth-order valence-electron chi connectivity index (χ4n) is 2.00. The number of carbonyl (C=O) groups is 1. The Balaban J connectivity index is 1.82. The molecule has 1 aromatic heterocycles. The van der Waals surface area contributed by atoms with Gasteiger partial charge >= 0.3 is 0 Å². The number of aryl methyl sites for hydroxylation is 1. The number of amides is 1. The predicted octanol–water partition coefficient (Wildman–Crippen LogP) is 2.01. The Morgan fingerprint density at radius 3 is 2.76 bits per heavy atom. The number of hydrogen-bond acceptors (Lipinski definition) is 4. The lowest BCUT2D eigenvalue weighted by atomic mass is 10.1. The summed E-state index contributed by atoms with van der Waals surface area (Å²) in [5, 5.41) is 9.46. The maximum atomic E-state index is 11.9. The zero-order valence-electron chi connectivity index (χ0n) is 12.3. The molecule has 1 unspecified atom stereocenters. The summed E-state index contributed by atoms with van der Waals surface area (Å²) in [5.41, 5.74) is 1.05. The van der Waals surface area contributed by atoms with Crippen molar-refractivity contribution in [2.24, 2.45) is 0 Å². The van der Waals surface area contributed by atoms with Gasteiger partial charge in [-0.05, 0) is 31.5 Å². The van der Waals surface area contributed by atoms with Crippen LogP contribution in [0.15, 0.2) is 30.6 Å². The summed E-state index contributed by atoms with van der Waals surface area (Å²) in [6.07, 6.45) is 2.38. The van der Waals surface area contributed by atoms with Crippen LogP contribution in [0.2, 0.25) is 0 Å². The first kappa shape index (κ1) is 15.0. The number of H-pyrrole nitrogens is 1. The average molecular weight is 288 g/mol. The van der Waals surface area contributed by atoms with Crippen LogP contribution in [0.1, 0.15) is 37.7 Å². The van der Waals surface area contributed by atoms with E-state index in [4.69, 9.17) is 4.74 Å². The highest BCUT2D eigenvalue weighted by Gasteiger charge is 2.10. The molecule has 0 saturated carbocycles. The van der Waals surface area contributed by atoms with Crippen LogP contribution in [-0.2, 0) is 11.2 Å². The van der Waals surface area contributed by atoms with Crippen LogP contribution in [0.25, 0.3) is 0 Å². The molecule has 6 heteroatoms. The van der Waals surface area contributed by atoms with Crippen LogP contribution in [0, 0.1) is 0 Å². The Morgan fingerprint density at radius 2 is 2.14 bits per heavy atom. The summed E-state index contributed by atoms with van der Waals surface area (Å²) in [6.45, 7) is 4.56. The highest BCUT2D eigenvalue weighted by atomic mass is 16.5. The van der Waals surface area contributed by atoms with Gasteiger partial charge in [0.1, 0.15) is 17.9 Å². The molecular formula is C15H20N4O2. The summed E-state index contributed by atoms with van der Waals surface area (Å²) in [6, 6.07) is 7.72. The summed E-state index contributed by atoms with van der Waals surface area (Å²) in [5.74, 6) is 1.55. The van der Waals surface area contributed by atoms with E-state index in [0.717, 1.165) is 17.1 Å². The highest BCUT2D eigenvalue weighted by Crippen LogP contribution is 2.17. The molecule has 2 rings (SSSR count). The Hall–Kier alpha value is -2.37. The molecule has 0 spiro atoms. The number of benzene rings is 1. The van der Waals surface area contributed by atoms with Gasteiger partial charge in [-0.2, -0.15) is 5.10 Å². The number of aromatic amines is 1. The molecule has 0 aliphatic rings. The number of rotatable bonds is 7. The second-order valence-electron chi connectivity index (χ2n) is 4.72. The maximum absolute atomic E-state index is 11.9. The first-order chi connectivity index (χ1) is 10.2. The third-order valence-electron chi connectivity index (χ3n) is 3.12. The smallest absolute Gasteiger partial charge is 0.220 e. The van der Waals surface area contributed by atoms with Gasteiger partial charge in [-0.1, -0.05) is 12.1 Å². The summed E-state index contributed by atoms with van der Waals surface area (Å²) in [4.78, 5) is 15.9. The molecule has 1 atom stereocenters. The second-order valence-corrected chi connectivity index (χ2v) is 4.72. The standard InChI is InChI=1S/C15H20N4O2/c1-3-21-13-6-4-12(5-7-13)11(2)18-15(20)9-8-14-16-10-17-19-14/h4-7,10-11H,3,8-9H2,1-2H3,(H,18,20)(H,16,17,19). The van der Waals surface area contributed by atoms with Crippen LogP contribution in [0.5, 0.6) is 5.75 Å². The van der Waals surface area contributed by atoms with Gasteiger partial charge in [0.25, 0.3) is 0 Å². The molecular weight excluding hydrogens is 268 g/mol. The largest absolute Gasteiger partial charge is 0.494 e. The molecule has 1 amide bonds. The van der Waals surface area contributed by atoms with E-state index in [0.29, 0.717) is 19.4 Å². The van der Waals surface area contributed by atoms with Crippen LogP contribution in [-0.4, -0.2) is 27.7 Å². The molecule has 1 aromatic carbocycles. The van der Waals surface area contributed by atoms with Gasteiger partial charge < -0.3 is 10.1 Å². The van der Waals surface area contributed by atoms with Crippen molar-refractivity contribution in [3.05, 3.63) is 42.0 Å². The predicted molar refractivity (Wildman–Crippen MR) is 78.9 cm³/mol. The molecule has 2 aromatic rings. The average Bonchev–Trinajstić information content (AvgIpc) is 2.99. The summed E-state index contributed by atoms with van der Waals surface area (Å²) in [7, 11) is 0. The number of nitrogens with zero attached hydrogens (tertiary/aromatic N) is 2. The van der Waals surface area contributed by atoms with Crippen molar-refractivity contribution in [1.29, 1.82) is 0 Å². The van der Waals surface area contributed by atoms with Gasteiger partial charge in [0.05, 0.1) is 12.6 Å². The molecule has 0 bridgehead atoms. The van der Waals surface area contributed by atoms with Gasteiger partial charge in [-0.3, -0.25) is 9.89 Å². The van der Waals surface area contributed by atoms with Crippen LogP contribution in [0.3, 0.4) is 0 Å². The lowest BCUT2D eigenvalue weighted by Crippen LogP contribution is -2.26. The van der Waals surface area contributed by atoms with Crippen LogP contribution in [0.4, 0.5) is 0 Å². The first-order valence-corrected chi connectivity index (χ1v) is 7.05. The Bertz CT molecular complexity index is 552. The minimum Gasteiger partial charge on any atom is -0.494 e. The molecule has 0 fully saturated rings. The fourth-order valence-corrected chi connectivity index (χ4v) is 2.00. The van der Waals surface area contributed by atoms with Crippen molar-refractivity contribution in [3.63, 3.8) is 0 Å². The van der Waals surface area contributed by atoms with Crippen LogP contribution < -0.4 is 10.1 Å². The Morgan fingerprint density at radius 1 is 1.38 bits per heavy atom. The van der Waals surface area contributed by atoms with E-state index in [2.05, 4.69) is 20.5 Å². The van der Waals surface area contributed by atoms with Gasteiger partial charge in [-0.15, -0.1) is 0 Å². The molecule has 21 heavy (non-hydrogen) atoms. The normalized spacial score (nSPS) is 11.9.